The summed E-state index contributed by atoms with van der Waals surface area (Å²) in [6, 6.07) is 4.31. The van der Waals surface area contributed by atoms with Crippen molar-refractivity contribution in [2.45, 2.75) is 19.4 Å². The minimum atomic E-state index is -1.10. The van der Waals surface area contributed by atoms with Crippen LogP contribution in [0.1, 0.15) is 22.8 Å². The molecule has 2 rings (SSSR count). The molecule has 2 N–H and O–H groups in total. The Labute approximate surface area is 98.4 Å². The highest BCUT2D eigenvalue weighted by Gasteiger charge is 2.27. The second kappa shape index (κ2) is 4.45. The van der Waals surface area contributed by atoms with Crippen molar-refractivity contribution in [2.75, 3.05) is 6.61 Å². The average Bonchev–Trinajstić information content (AvgIpc) is 2.49. The first-order chi connectivity index (χ1) is 8.11. The van der Waals surface area contributed by atoms with Crippen LogP contribution in [0.4, 0.5) is 0 Å². The number of fused-ring (bicyclic) bond motifs is 1. The number of hydrogen-bond acceptors (Lipinski definition) is 3. The third-order valence-corrected chi connectivity index (χ3v) is 2.71. The van der Waals surface area contributed by atoms with E-state index in [-0.39, 0.29) is 6.61 Å². The van der Waals surface area contributed by atoms with E-state index in [1.165, 1.54) is 0 Å². The molecule has 0 fully saturated rings. The van der Waals surface area contributed by atoms with Crippen LogP contribution in [0.25, 0.3) is 0 Å². The van der Waals surface area contributed by atoms with Crippen molar-refractivity contribution in [3.05, 3.63) is 29.3 Å². The predicted molar refractivity (Wildman–Crippen MR) is 60.2 cm³/mol. The van der Waals surface area contributed by atoms with E-state index >= 15 is 0 Å². The van der Waals surface area contributed by atoms with Gasteiger partial charge in [0.05, 0.1) is 5.56 Å². The molecule has 1 aliphatic heterocycles. The Bertz CT molecular complexity index is 470. The molecule has 5 heteroatoms. The predicted octanol–water partition coefficient (Wildman–Crippen LogP) is 0.824. The van der Waals surface area contributed by atoms with Crippen LogP contribution in [-0.4, -0.2) is 29.6 Å². The van der Waals surface area contributed by atoms with Crippen molar-refractivity contribution >= 4 is 11.9 Å². The normalized spacial score (nSPS) is 18.6. The van der Waals surface area contributed by atoms with Crippen LogP contribution in [0, 0.1) is 0 Å². The SMILES string of the molecule is CCc1ccc2c(c1)C(=O)NC(C(=O)O)CO2. The fourth-order valence-corrected chi connectivity index (χ4v) is 1.68. The average molecular weight is 235 g/mol. The van der Waals surface area contributed by atoms with Crippen LogP contribution in [0.5, 0.6) is 5.75 Å². The zero-order chi connectivity index (χ0) is 12.4. The summed E-state index contributed by atoms with van der Waals surface area (Å²) in [4.78, 5) is 22.7. The fourth-order valence-electron chi connectivity index (χ4n) is 1.68. The molecule has 90 valence electrons. The molecule has 17 heavy (non-hydrogen) atoms. The Hall–Kier alpha value is -2.04. The van der Waals surface area contributed by atoms with E-state index in [1.807, 2.05) is 13.0 Å². The van der Waals surface area contributed by atoms with E-state index in [9.17, 15) is 9.59 Å². The molecule has 0 spiro atoms. The molecular formula is C12H13NO4. The lowest BCUT2D eigenvalue weighted by atomic mass is 10.1. The second-order valence-electron chi connectivity index (χ2n) is 3.86. The first-order valence-corrected chi connectivity index (χ1v) is 5.41. The fraction of sp³-hybridized carbons (Fsp3) is 0.333. The Balaban J connectivity index is 2.34. The highest BCUT2D eigenvalue weighted by Crippen LogP contribution is 2.22. The zero-order valence-electron chi connectivity index (χ0n) is 9.40. The van der Waals surface area contributed by atoms with Gasteiger partial charge in [-0.15, -0.1) is 0 Å². The molecule has 1 aliphatic rings. The monoisotopic (exact) mass is 235 g/mol. The van der Waals surface area contributed by atoms with Crippen molar-refractivity contribution < 1.29 is 19.4 Å². The van der Waals surface area contributed by atoms with E-state index in [4.69, 9.17) is 9.84 Å². The highest BCUT2D eigenvalue weighted by atomic mass is 16.5. The van der Waals surface area contributed by atoms with Gasteiger partial charge in [0, 0.05) is 0 Å². The number of hydrogen-bond donors (Lipinski definition) is 2. The molecule has 1 atom stereocenters. The molecule has 0 saturated carbocycles. The number of aryl methyl sites for hydroxylation is 1. The minimum absolute atomic E-state index is 0.0560. The van der Waals surface area contributed by atoms with Crippen LogP contribution < -0.4 is 10.1 Å². The van der Waals surface area contributed by atoms with Crippen LogP contribution in [0.2, 0.25) is 0 Å². The maximum Gasteiger partial charge on any atom is 0.329 e. The quantitative estimate of drug-likeness (QED) is 0.796. The Morgan fingerprint density at radius 1 is 1.59 bits per heavy atom. The maximum atomic E-state index is 11.8. The zero-order valence-corrected chi connectivity index (χ0v) is 9.40. The first-order valence-electron chi connectivity index (χ1n) is 5.41. The number of amides is 1. The van der Waals surface area contributed by atoms with Gasteiger partial charge in [-0.3, -0.25) is 4.79 Å². The molecule has 1 aromatic carbocycles. The topological polar surface area (TPSA) is 75.6 Å². The Morgan fingerprint density at radius 2 is 2.35 bits per heavy atom. The van der Waals surface area contributed by atoms with E-state index in [2.05, 4.69) is 5.32 Å². The van der Waals surface area contributed by atoms with Crippen molar-refractivity contribution in [3.8, 4) is 5.75 Å². The summed E-state index contributed by atoms with van der Waals surface area (Å²) in [5, 5.41) is 11.3. The summed E-state index contributed by atoms with van der Waals surface area (Å²) in [7, 11) is 0. The van der Waals surface area contributed by atoms with Gasteiger partial charge in [-0.05, 0) is 24.1 Å². The lowest BCUT2D eigenvalue weighted by molar-refractivity contribution is -0.139. The van der Waals surface area contributed by atoms with Gasteiger partial charge in [-0.2, -0.15) is 0 Å². The van der Waals surface area contributed by atoms with E-state index in [0.717, 1.165) is 12.0 Å². The van der Waals surface area contributed by atoms with Gasteiger partial charge in [-0.25, -0.2) is 4.79 Å². The van der Waals surface area contributed by atoms with E-state index in [0.29, 0.717) is 11.3 Å². The highest BCUT2D eigenvalue weighted by molar-refractivity contribution is 5.99. The Morgan fingerprint density at radius 3 is 3.00 bits per heavy atom. The van der Waals surface area contributed by atoms with E-state index in [1.54, 1.807) is 12.1 Å². The molecule has 0 aromatic heterocycles. The smallest absolute Gasteiger partial charge is 0.329 e. The lowest BCUT2D eigenvalue weighted by Crippen LogP contribution is -2.42. The summed E-state index contributed by atoms with van der Waals surface area (Å²) in [5.41, 5.74) is 1.41. The number of ether oxygens (including phenoxy) is 1. The van der Waals surface area contributed by atoms with Gasteiger partial charge in [0.25, 0.3) is 5.91 Å². The second-order valence-corrected chi connectivity index (χ2v) is 3.86. The Kier molecular flexibility index (Phi) is 2.99. The van der Waals surface area contributed by atoms with Crippen molar-refractivity contribution in [2.24, 2.45) is 0 Å². The maximum absolute atomic E-state index is 11.8. The number of carbonyl (C=O) groups excluding carboxylic acids is 1. The lowest BCUT2D eigenvalue weighted by Gasteiger charge is -2.09. The standard InChI is InChI=1S/C12H13NO4/c1-2-7-3-4-10-8(5-7)11(14)13-9(6-17-10)12(15)16/h3-5,9H,2,6H2,1H3,(H,13,14)(H,15,16). The number of carboxylic acids is 1. The van der Waals surface area contributed by atoms with Gasteiger partial charge in [0.1, 0.15) is 12.4 Å². The van der Waals surface area contributed by atoms with Crippen LogP contribution in [-0.2, 0) is 11.2 Å². The van der Waals surface area contributed by atoms with Crippen molar-refractivity contribution in [1.29, 1.82) is 0 Å². The number of rotatable bonds is 2. The number of carbonyl (C=O) groups is 2. The molecule has 1 amide bonds. The van der Waals surface area contributed by atoms with Gasteiger partial charge < -0.3 is 15.2 Å². The third kappa shape index (κ3) is 2.22. The van der Waals surface area contributed by atoms with Crippen molar-refractivity contribution in [3.63, 3.8) is 0 Å². The van der Waals surface area contributed by atoms with Gasteiger partial charge >= 0.3 is 5.97 Å². The summed E-state index contributed by atoms with van der Waals surface area (Å²) in [6.07, 6.45) is 0.808. The van der Waals surface area contributed by atoms with Gasteiger partial charge in [0.2, 0.25) is 0 Å². The summed E-state index contributed by atoms with van der Waals surface area (Å²) < 4.78 is 5.33. The van der Waals surface area contributed by atoms with Crippen LogP contribution in [0.15, 0.2) is 18.2 Å². The molecule has 1 heterocycles. The van der Waals surface area contributed by atoms with Gasteiger partial charge in [0.15, 0.2) is 6.04 Å². The van der Waals surface area contributed by atoms with E-state index < -0.39 is 17.9 Å². The molecule has 1 aromatic rings. The molecule has 0 radical (unpaired) electrons. The third-order valence-electron chi connectivity index (χ3n) is 2.71. The molecular weight excluding hydrogens is 222 g/mol. The van der Waals surface area contributed by atoms with Crippen LogP contribution in [0.3, 0.4) is 0 Å². The molecule has 1 unspecified atom stereocenters. The summed E-state index contributed by atoms with van der Waals surface area (Å²) in [5.74, 6) is -1.06. The molecule has 0 saturated heterocycles. The number of aliphatic carboxylic acids is 1. The van der Waals surface area contributed by atoms with Gasteiger partial charge in [-0.1, -0.05) is 13.0 Å². The molecule has 0 aliphatic carbocycles. The number of benzene rings is 1. The summed E-state index contributed by atoms with van der Waals surface area (Å²) in [6.45, 7) is 1.93. The number of carboxylic acid groups (broad SMARTS) is 1. The largest absolute Gasteiger partial charge is 0.490 e. The minimum Gasteiger partial charge on any atom is -0.490 e. The summed E-state index contributed by atoms with van der Waals surface area (Å²) >= 11 is 0. The van der Waals surface area contributed by atoms with Crippen LogP contribution >= 0.6 is 0 Å². The molecule has 5 nitrogen and oxygen atoms in total. The first kappa shape index (κ1) is 11.4. The molecule has 0 bridgehead atoms. The van der Waals surface area contributed by atoms with Crippen molar-refractivity contribution in [1.82, 2.24) is 5.32 Å². The number of nitrogens with one attached hydrogen (secondary N) is 1.